The van der Waals surface area contributed by atoms with Crippen molar-refractivity contribution < 1.29 is 18.0 Å². The molecule has 0 aliphatic carbocycles. The molecule has 166 valence electrons. The van der Waals surface area contributed by atoms with E-state index in [0.717, 1.165) is 33.5 Å². The summed E-state index contributed by atoms with van der Waals surface area (Å²) < 4.78 is 39.1. The zero-order valence-electron chi connectivity index (χ0n) is 18.1. The van der Waals surface area contributed by atoms with Crippen molar-refractivity contribution in [2.75, 3.05) is 18.0 Å². The SMILES string of the molecule is Cc1noc(N2C=COC2c2ccc(-c3ccccc3)c(CN3CCC(F)(F)C3)c2)c1C. The van der Waals surface area contributed by atoms with Crippen molar-refractivity contribution in [1.82, 2.24) is 10.1 Å². The first-order valence-corrected chi connectivity index (χ1v) is 10.7. The number of rotatable bonds is 5. The standard InChI is InChI=1S/C25H25F2N3O2/c1-17-18(2)28-32-23(17)30-12-13-31-24(30)20-8-9-22(19-6-4-3-5-7-19)21(14-20)15-29-11-10-25(26,27)16-29/h3-9,12-14,24H,10-11,15-16H2,1-2H3. The summed E-state index contributed by atoms with van der Waals surface area (Å²) >= 11 is 0. The second kappa shape index (κ2) is 8.06. The molecule has 32 heavy (non-hydrogen) atoms. The minimum atomic E-state index is -2.62. The molecule has 2 aromatic carbocycles. The van der Waals surface area contributed by atoms with Gasteiger partial charge in [-0.25, -0.2) is 8.78 Å². The van der Waals surface area contributed by atoms with Crippen LogP contribution < -0.4 is 4.90 Å². The molecule has 0 spiro atoms. The van der Waals surface area contributed by atoms with E-state index in [1.807, 2.05) is 72.3 Å². The van der Waals surface area contributed by atoms with Crippen LogP contribution >= 0.6 is 0 Å². The third-order valence-electron chi connectivity index (χ3n) is 6.19. The smallest absolute Gasteiger partial charge is 0.261 e. The maximum absolute atomic E-state index is 13.8. The van der Waals surface area contributed by atoms with Crippen molar-refractivity contribution in [3.8, 4) is 11.1 Å². The van der Waals surface area contributed by atoms with Crippen molar-refractivity contribution in [2.45, 2.75) is 39.0 Å². The van der Waals surface area contributed by atoms with E-state index >= 15 is 0 Å². The average molecular weight is 437 g/mol. The molecule has 2 aliphatic rings. The van der Waals surface area contributed by atoms with Crippen LogP contribution in [0.1, 0.15) is 35.0 Å². The van der Waals surface area contributed by atoms with Gasteiger partial charge in [0.15, 0.2) is 0 Å². The lowest BCUT2D eigenvalue weighted by molar-refractivity contribution is 0.0115. The Morgan fingerprint density at radius 2 is 1.94 bits per heavy atom. The normalized spacial score (nSPS) is 20.1. The third kappa shape index (κ3) is 3.88. The number of hydrogen-bond donors (Lipinski definition) is 0. The fourth-order valence-electron chi connectivity index (χ4n) is 4.36. The summed E-state index contributed by atoms with van der Waals surface area (Å²) in [6.07, 6.45) is 2.95. The van der Waals surface area contributed by atoms with Crippen molar-refractivity contribution in [3.63, 3.8) is 0 Å². The summed E-state index contributed by atoms with van der Waals surface area (Å²) in [5, 5.41) is 4.06. The zero-order valence-corrected chi connectivity index (χ0v) is 18.1. The number of hydrogen-bond acceptors (Lipinski definition) is 5. The van der Waals surface area contributed by atoms with E-state index in [9.17, 15) is 8.78 Å². The minimum absolute atomic E-state index is 0.0963. The van der Waals surface area contributed by atoms with Gasteiger partial charge in [-0.05, 0) is 36.6 Å². The number of ether oxygens (including phenoxy) is 1. The lowest BCUT2D eigenvalue weighted by Gasteiger charge is -2.24. The quantitative estimate of drug-likeness (QED) is 0.504. The zero-order chi connectivity index (χ0) is 22.3. The largest absolute Gasteiger partial charge is 0.472 e. The molecule has 0 N–H and O–H groups in total. The van der Waals surface area contributed by atoms with Gasteiger partial charge in [0.1, 0.15) is 6.26 Å². The number of benzene rings is 2. The van der Waals surface area contributed by atoms with E-state index in [-0.39, 0.29) is 13.0 Å². The lowest BCUT2D eigenvalue weighted by Crippen LogP contribution is -2.25. The molecular formula is C25H25F2N3O2. The van der Waals surface area contributed by atoms with Gasteiger partial charge in [-0.3, -0.25) is 9.80 Å². The first kappa shape index (κ1) is 20.7. The van der Waals surface area contributed by atoms with Gasteiger partial charge in [-0.1, -0.05) is 47.6 Å². The fourth-order valence-corrected chi connectivity index (χ4v) is 4.36. The molecule has 1 atom stereocenters. The number of halogens is 2. The molecule has 1 aromatic heterocycles. The van der Waals surface area contributed by atoms with E-state index in [2.05, 4.69) is 11.2 Å². The predicted molar refractivity (Wildman–Crippen MR) is 118 cm³/mol. The summed E-state index contributed by atoms with van der Waals surface area (Å²) in [4.78, 5) is 3.72. The Labute approximate surface area is 185 Å². The summed E-state index contributed by atoms with van der Waals surface area (Å²) in [6, 6.07) is 16.1. The van der Waals surface area contributed by atoms with Crippen LogP contribution in [-0.4, -0.2) is 29.1 Å². The van der Waals surface area contributed by atoms with Crippen molar-refractivity contribution >= 4 is 5.88 Å². The highest BCUT2D eigenvalue weighted by molar-refractivity contribution is 5.68. The van der Waals surface area contributed by atoms with Crippen LogP contribution in [0.3, 0.4) is 0 Å². The molecule has 0 bridgehead atoms. The van der Waals surface area contributed by atoms with Crippen LogP contribution in [0.15, 0.2) is 65.5 Å². The summed E-state index contributed by atoms with van der Waals surface area (Å²) in [7, 11) is 0. The number of aryl methyl sites for hydroxylation is 1. The lowest BCUT2D eigenvalue weighted by atomic mass is 9.96. The second-order valence-electron chi connectivity index (χ2n) is 8.48. The molecule has 5 nitrogen and oxygen atoms in total. The molecule has 5 rings (SSSR count). The maximum atomic E-state index is 13.8. The predicted octanol–water partition coefficient (Wildman–Crippen LogP) is 5.81. The van der Waals surface area contributed by atoms with Crippen LogP contribution in [0.2, 0.25) is 0 Å². The highest BCUT2D eigenvalue weighted by Gasteiger charge is 2.38. The van der Waals surface area contributed by atoms with E-state index in [4.69, 9.17) is 9.26 Å². The van der Waals surface area contributed by atoms with Gasteiger partial charge in [0.05, 0.1) is 12.2 Å². The molecule has 1 fully saturated rings. The van der Waals surface area contributed by atoms with Crippen LogP contribution in [-0.2, 0) is 11.3 Å². The number of alkyl halides is 2. The van der Waals surface area contributed by atoms with Crippen molar-refractivity contribution in [3.05, 3.63) is 83.4 Å². The first-order valence-electron chi connectivity index (χ1n) is 10.7. The van der Waals surface area contributed by atoms with Crippen molar-refractivity contribution in [1.29, 1.82) is 0 Å². The summed E-state index contributed by atoms with van der Waals surface area (Å²) in [6.45, 7) is 4.48. The topological polar surface area (TPSA) is 41.7 Å². The van der Waals surface area contributed by atoms with Crippen LogP contribution in [0.4, 0.5) is 14.7 Å². The van der Waals surface area contributed by atoms with E-state index < -0.39 is 12.2 Å². The highest BCUT2D eigenvalue weighted by atomic mass is 19.3. The van der Waals surface area contributed by atoms with Gasteiger partial charge in [-0.15, -0.1) is 0 Å². The molecule has 3 aromatic rings. The number of likely N-dealkylation sites (tertiary alicyclic amines) is 1. The van der Waals surface area contributed by atoms with Gasteiger partial charge in [-0.2, -0.15) is 0 Å². The second-order valence-corrected chi connectivity index (χ2v) is 8.48. The van der Waals surface area contributed by atoms with E-state index in [1.165, 1.54) is 0 Å². The Balaban J connectivity index is 1.50. The minimum Gasteiger partial charge on any atom is -0.472 e. The Bertz CT molecular complexity index is 1140. The van der Waals surface area contributed by atoms with Crippen LogP contribution in [0.5, 0.6) is 0 Å². The Morgan fingerprint density at radius 1 is 1.12 bits per heavy atom. The molecule has 3 heterocycles. The monoisotopic (exact) mass is 437 g/mol. The Hall–Kier alpha value is -3.19. The van der Waals surface area contributed by atoms with Gasteiger partial charge < -0.3 is 9.26 Å². The third-order valence-corrected chi connectivity index (χ3v) is 6.19. The van der Waals surface area contributed by atoms with Gasteiger partial charge in [0.2, 0.25) is 12.1 Å². The molecule has 0 amide bonds. The number of nitrogens with zero attached hydrogens (tertiary/aromatic N) is 3. The Kier molecular flexibility index (Phi) is 5.21. The van der Waals surface area contributed by atoms with Crippen LogP contribution in [0, 0.1) is 13.8 Å². The molecule has 2 aliphatic heterocycles. The van der Waals surface area contributed by atoms with Gasteiger partial charge >= 0.3 is 0 Å². The first-order chi connectivity index (χ1) is 15.4. The van der Waals surface area contributed by atoms with E-state index in [0.29, 0.717) is 19.0 Å². The Morgan fingerprint density at radius 3 is 2.62 bits per heavy atom. The maximum Gasteiger partial charge on any atom is 0.261 e. The summed E-state index contributed by atoms with van der Waals surface area (Å²) in [5.74, 6) is -1.99. The molecule has 7 heteroatoms. The number of aromatic nitrogens is 1. The van der Waals surface area contributed by atoms with Gasteiger partial charge in [0, 0.05) is 36.8 Å². The molecular weight excluding hydrogens is 412 g/mol. The van der Waals surface area contributed by atoms with Crippen LogP contribution in [0.25, 0.3) is 11.1 Å². The molecule has 1 unspecified atom stereocenters. The summed E-state index contributed by atoms with van der Waals surface area (Å²) in [5.41, 5.74) is 5.79. The van der Waals surface area contributed by atoms with Gasteiger partial charge in [0.25, 0.3) is 5.92 Å². The number of anilines is 1. The molecule has 0 radical (unpaired) electrons. The molecule has 1 saturated heterocycles. The van der Waals surface area contributed by atoms with Crippen molar-refractivity contribution in [2.24, 2.45) is 0 Å². The fraction of sp³-hybridized carbons (Fsp3) is 0.320. The highest BCUT2D eigenvalue weighted by Crippen LogP contribution is 2.38. The van der Waals surface area contributed by atoms with E-state index in [1.54, 1.807) is 6.26 Å². The molecule has 0 saturated carbocycles. The average Bonchev–Trinajstić information content (AvgIpc) is 3.48.